The molecule has 112 valence electrons. The SMILES string of the molecule is CCC[C@H](C)NC(=O)c1ccc(S(=O)(=O)N(C)C)cc1. The van der Waals surface area contributed by atoms with Crippen LogP contribution in [0.1, 0.15) is 37.0 Å². The number of carbonyl (C=O) groups excluding carboxylic acids is 1. The third-order valence-corrected chi connectivity index (χ3v) is 4.82. The number of hydrogen-bond donors (Lipinski definition) is 1. The van der Waals surface area contributed by atoms with Crippen LogP contribution in [-0.2, 0) is 10.0 Å². The lowest BCUT2D eigenvalue weighted by Crippen LogP contribution is -2.32. The average molecular weight is 298 g/mol. The average Bonchev–Trinajstić information content (AvgIpc) is 2.38. The minimum absolute atomic E-state index is 0.109. The van der Waals surface area contributed by atoms with Gasteiger partial charge >= 0.3 is 0 Å². The number of benzene rings is 1. The van der Waals surface area contributed by atoms with Crippen molar-refractivity contribution >= 4 is 15.9 Å². The fourth-order valence-corrected chi connectivity index (χ4v) is 2.70. The van der Waals surface area contributed by atoms with E-state index in [2.05, 4.69) is 12.2 Å². The Balaban J connectivity index is 2.84. The van der Waals surface area contributed by atoms with Gasteiger partial charge in [0.1, 0.15) is 0 Å². The Hall–Kier alpha value is -1.40. The summed E-state index contributed by atoms with van der Waals surface area (Å²) in [5, 5.41) is 2.88. The Kier molecular flexibility index (Phi) is 5.71. The fourth-order valence-electron chi connectivity index (χ4n) is 1.80. The zero-order chi connectivity index (χ0) is 15.3. The topological polar surface area (TPSA) is 66.5 Å². The highest BCUT2D eigenvalue weighted by Gasteiger charge is 2.17. The molecule has 1 amide bonds. The van der Waals surface area contributed by atoms with Crippen molar-refractivity contribution in [3.8, 4) is 0 Å². The van der Waals surface area contributed by atoms with Gasteiger partial charge in [-0.3, -0.25) is 4.79 Å². The van der Waals surface area contributed by atoms with Crippen LogP contribution < -0.4 is 5.32 Å². The van der Waals surface area contributed by atoms with E-state index < -0.39 is 10.0 Å². The summed E-state index contributed by atoms with van der Waals surface area (Å²) in [4.78, 5) is 12.1. The minimum Gasteiger partial charge on any atom is -0.350 e. The Bertz CT molecular complexity index is 550. The van der Waals surface area contributed by atoms with Crippen molar-refractivity contribution in [1.82, 2.24) is 9.62 Å². The van der Waals surface area contributed by atoms with Crippen molar-refractivity contribution in [1.29, 1.82) is 0 Å². The highest BCUT2D eigenvalue weighted by Crippen LogP contribution is 2.14. The second-order valence-corrected chi connectivity index (χ2v) is 7.13. The summed E-state index contributed by atoms with van der Waals surface area (Å²) in [5.74, 6) is -0.181. The van der Waals surface area contributed by atoms with Gasteiger partial charge in [0.05, 0.1) is 4.90 Å². The molecule has 0 unspecified atom stereocenters. The van der Waals surface area contributed by atoms with Crippen LogP contribution in [0.4, 0.5) is 0 Å². The molecule has 1 aromatic rings. The van der Waals surface area contributed by atoms with Crippen molar-refractivity contribution in [3.63, 3.8) is 0 Å². The van der Waals surface area contributed by atoms with Crippen LogP contribution >= 0.6 is 0 Å². The molecule has 0 bridgehead atoms. The number of sulfonamides is 1. The minimum atomic E-state index is -3.45. The summed E-state index contributed by atoms with van der Waals surface area (Å²) in [7, 11) is -0.500. The Morgan fingerprint density at radius 3 is 2.25 bits per heavy atom. The molecule has 0 heterocycles. The maximum Gasteiger partial charge on any atom is 0.251 e. The van der Waals surface area contributed by atoms with Gasteiger partial charge in [0.15, 0.2) is 0 Å². The summed E-state index contributed by atoms with van der Waals surface area (Å²) < 4.78 is 24.9. The van der Waals surface area contributed by atoms with Crippen molar-refractivity contribution in [2.75, 3.05) is 14.1 Å². The van der Waals surface area contributed by atoms with E-state index in [0.717, 1.165) is 17.1 Å². The molecule has 0 aliphatic rings. The first-order valence-electron chi connectivity index (χ1n) is 6.62. The highest BCUT2D eigenvalue weighted by atomic mass is 32.2. The van der Waals surface area contributed by atoms with Crippen molar-refractivity contribution in [2.45, 2.75) is 37.6 Å². The lowest BCUT2D eigenvalue weighted by Gasteiger charge is -2.14. The van der Waals surface area contributed by atoms with Crippen LogP contribution in [0, 0.1) is 0 Å². The van der Waals surface area contributed by atoms with E-state index in [9.17, 15) is 13.2 Å². The molecule has 6 heteroatoms. The summed E-state index contributed by atoms with van der Waals surface area (Å²) in [6.07, 6.45) is 1.92. The monoisotopic (exact) mass is 298 g/mol. The van der Waals surface area contributed by atoms with E-state index in [4.69, 9.17) is 0 Å². The van der Waals surface area contributed by atoms with Gasteiger partial charge in [-0.1, -0.05) is 13.3 Å². The fraction of sp³-hybridized carbons (Fsp3) is 0.500. The zero-order valence-electron chi connectivity index (χ0n) is 12.4. The Morgan fingerprint density at radius 2 is 1.80 bits per heavy atom. The lowest BCUT2D eigenvalue weighted by atomic mass is 10.1. The normalized spacial score (nSPS) is 13.2. The first-order chi connectivity index (χ1) is 9.28. The van der Waals surface area contributed by atoms with Gasteiger partial charge in [-0.15, -0.1) is 0 Å². The summed E-state index contributed by atoms with van der Waals surface area (Å²) in [6, 6.07) is 6.08. The second kappa shape index (κ2) is 6.85. The van der Waals surface area contributed by atoms with Gasteiger partial charge in [0.25, 0.3) is 5.91 Å². The van der Waals surface area contributed by atoms with E-state index in [1.165, 1.54) is 38.4 Å². The lowest BCUT2D eigenvalue weighted by molar-refractivity contribution is 0.0938. The predicted octanol–water partition coefficient (Wildman–Crippen LogP) is 1.86. The van der Waals surface area contributed by atoms with Gasteiger partial charge in [-0.05, 0) is 37.6 Å². The number of carbonyl (C=O) groups is 1. The van der Waals surface area contributed by atoms with Crippen LogP contribution in [-0.4, -0.2) is 38.8 Å². The van der Waals surface area contributed by atoms with Crippen LogP contribution in [0.5, 0.6) is 0 Å². The molecule has 0 aliphatic heterocycles. The molecule has 1 atom stereocenters. The molecular formula is C14H22N2O3S. The molecule has 20 heavy (non-hydrogen) atoms. The van der Waals surface area contributed by atoms with Crippen molar-refractivity contribution in [2.24, 2.45) is 0 Å². The molecule has 0 radical (unpaired) electrons. The molecule has 1 rings (SSSR count). The van der Waals surface area contributed by atoms with Crippen LogP contribution in [0.15, 0.2) is 29.2 Å². The van der Waals surface area contributed by atoms with Crippen LogP contribution in [0.2, 0.25) is 0 Å². The van der Waals surface area contributed by atoms with E-state index in [-0.39, 0.29) is 16.8 Å². The number of amides is 1. The predicted molar refractivity (Wildman–Crippen MR) is 79.2 cm³/mol. The molecule has 1 N–H and O–H groups in total. The smallest absolute Gasteiger partial charge is 0.251 e. The zero-order valence-corrected chi connectivity index (χ0v) is 13.2. The van der Waals surface area contributed by atoms with Crippen LogP contribution in [0.25, 0.3) is 0 Å². The van der Waals surface area contributed by atoms with Gasteiger partial charge < -0.3 is 5.32 Å². The number of rotatable bonds is 6. The van der Waals surface area contributed by atoms with Gasteiger partial charge in [0, 0.05) is 25.7 Å². The first-order valence-corrected chi connectivity index (χ1v) is 8.06. The molecular weight excluding hydrogens is 276 g/mol. The molecule has 0 aliphatic carbocycles. The summed E-state index contributed by atoms with van der Waals surface area (Å²) >= 11 is 0. The Morgan fingerprint density at radius 1 is 1.25 bits per heavy atom. The first kappa shape index (κ1) is 16.7. The van der Waals surface area contributed by atoms with E-state index in [1.807, 2.05) is 6.92 Å². The molecule has 0 saturated carbocycles. The third kappa shape index (κ3) is 4.05. The van der Waals surface area contributed by atoms with Gasteiger partial charge in [-0.2, -0.15) is 0 Å². The molecule has 1 aromatic carbocycles. The van der Waals surface area contributed by atoms with Gasteiger partial charge in [0.2, 0.25) is 10.0 Å². The molecule has 0 fully saturated rings. The molecule has 0 spiro atoms. The van der Waals surface area contributed by atoms with Gasteiger partial charge in [-0.25, -0.2) is 12.7 Å². The standard InChI is InChI=1S/C14H22N2O3S/c1-5-6-11(2)15-14(17)12-7-9-13(10-8-12)20(18,19)16(3)4/h7-11H,5-6H2,1-4H3,(H,15,17)/t11-/m0/s1. The molecule has 5 nitrogen and oxygen atoms in total. The highest BCUT2D eigenvalue weighted by molar-refractivity contribution is 7.89. The molecule has 0 saturated heterocycles. The number of nitrogens with zero attached hydrogens (tertiary/aromatic N) is 1. The second-order valence-electron chi connectivity index (χ2n) is 4.97. The maximum atomic E-state index is 12.0. The van der Waals surface area contributed by atoms with E-state index in [1.54, 1.807) is 0 Å². The quantitative estimate of drug-likeness (QED) is 0.871. The molecule has 0 aromatic heterocycles. The van der Waals surface area contributed by atoms with Crippen molar-refractivity contribution in [3.05, 3.63) is 29.8 Å². The largest absolute Gasteiger partial charge is 0.350 e. The Labute approximate surface area is 121 Å². The number of hydrogen-bond acceptors (Lipinski definition) is 3. The summed E-state index contributed by atoms with van der Waals surface area (Å²) in [5.41, 5.74) is 0.464. The van der Waals surface area contributed by atoms with Crippen molar-refractivity contribution < 1.29 is 13.2 Å². The summed E-state index contributed by atoms with van der Waals surface area (Å²) in [6.45, 7) is 4.01. The number of nitrogens with one attached hydrogen (secondary N) is 1. The van der Waals surface area contributed by atoms with E-state index >= 15 is 0 Å². The maximum absolute atomic E-state index is 12.0. The van der Waals surface area contributed by atoms with Crippen LogP contribution in [0.3, 0.4) is 0 Å². The third-order valence-electron chi connectivity index (χ3n) is 2.99. The van der Waals surface area contributed by atoms with E-state index in [0.29, 0.717) is 5.56 Å².